The molecular weight excluding hydrogens is 408 g/mol. The number of likely N-dealkylation sites (tertiary alicyclic amines) is 1. The van der Waals surface area contributed by atoms with Crippen LogP contribution >= 0.6 is 0 Å². The maximum Gasteiger partial charge on any atom is 0.330 e. The second-order valence-corrected chi connectivity index (χ2v) is 8.95. The summed E-state index contributed by atoms with van der Waals surface area (Å²) in [7, 11) is 1.74. The van der Waals surface area contributed by atoms with E-state index in [1.165, 1.54) is 13.8 Å². The molecule has 0 aromatic carbocycles. The van der Waals surface area contributed by atoms with Gasteiger partial charge in [0.2, 0.25) is 0 Å². The number of piperidine rings is 1. The standard InChI is InChI=1S/C23H26N6O3/c1-23(2,32)21(30)27-11-6-7-15(14-27)29-20-19(26(3)22(29)31)10-9-17(25-20)16-13-24-28-12-5-4-8-18(16)28/h4-5,8-10,12-13,15,32H,6-7,11,14H2,1-3H3. The van der Waals surface area contributed by atoms with Crippen molar-refractivity contribution in [2.45, 2.75) is 38.3 Å². The highest BCUT2D eigenvalue weighted by Gasteiger charge is 2.34. The first-order valence-electron chi connectivity index (χ1n) is 10.8. The highest BCUT2D eigenvalue weighted by atomic mass is 16.3. The van der Waals surface area contributed by atoms with Crippen molar-refractivity contribution in [2.24, 2.45) is 7.05 Å². The van der Waals surface area contributed by atoms with Crippen LogP contribution in [0.2, 0.25) is 0 Å². The molecule has 0 saturated carbocycles. The van der Waals surface area contributed by atoms with Crippen LogP contribution in [-0.4, -0.2) is 58.3 Å². The molecule has 5 heterocycles. The van der Waals surface area contributed by atoms with Crippen LogP contribution in [0.5, 0.6) is 0 Å². The molecule has 32 heavy (non-hydrogen) atoms. The minimum Gasteiger partial charge on any atom is -0.381 e. The second kappa shape index (κ2) is 7.30. The Balaban J connectivity index is 1.60. The van der Waals surface area contributed by atoms with Gasteiger partial charge in [0.15, 0.2) is 5.65 Å². The van der Waals surface area contributed by atoms with Gasteiger partial charge in [-0.3, -0.25) is 13.9 Å². The third-order valence-electron chi connectivity index (χ3n) is 6.21. The van der Waals surface area contributed by atoms with Gasteiger partial charge in [-0.15, -0.1) is 0 Å². The van der Waals surface area contributed by atoms with Gasteiger partial charge in [0, 0.05) is 31.9 Å². The first-order valence-corrected chi connectivity index (χ1v) is 10.8. The predicted molar refractivity (Wildman–Crippen MR) is 120 cm³/mol. The average Bonchev–Trinajstić information content (AvgIpc) is 3.31. The number of hydrogen-bond donors (Lipinski definition) is 1. The maximum atomic E-state index is 13.2. The molecule has 1 unspecified atom stereocenters. The number of imidazole rings is 1. The van der Waals surface area contributed by atoms with E-state index in [1.54, 1.807) is 31.8 Å². The van der Waals surface area contributed by atoms with Gasteiger partial charge in [0.1, 0.15) is 5.60 Å². The van der Waals surface area contributed by atoms with E-state index >= 15 is 0 Å². The highest BCUT2D eigenvalue weighted by Crippen LogP contribution is 2.28. The van der Waals surface area contributed by atoms with E-state index in [-0.39, 0.29) is 17.6 Å². The van der Waals surface area contributed by atoms with Crippen LogP contribution < -0.4 is 5.69 Å². The average molecular weight is 435 g/mol. The van der Waals surface area contributed by atoms with Gasteiger partial charge in [0.05, 0.1) is 29.0 Å². The van der Waals surface area contributed by atoms with E-state index in [0.717, 1.165) is 35.1 Å². The van der Waals surface area contributed by atoms with Crippen molar-refractivity contribution in [1.29, 1.82) is 0 Å². The Bertz CT molecular complexity index is 1390. The highest BCUT2D eigenvalue weighted by molar-refractivity contribution is 5.84. The molecule has 166 valence electrons. The number of aromatic nitrogens is 5. The summed E-state index contributed by atoms with van der Waals surface area (Å²) < 4.78 is 5.09. The number of aryl methyl sites for hydroxylation is 1. The summed E-state index contributed by atoms with van der Waals surface area (Å²) in [5, 5.41) is 14.6. The fraction of sp³-hybridized carbons (Fsp3) is 0.391. The minimum absolute atomic E-state index is 0.160. The Morgan fingerprint density at radius 1 is 1.19 bits per heavy atom. The molecule has 4 aromatic heterocycles. The van der Waals surface area contributed by atoms with E-state index in [2.05, 4.69) is 5.10 Å². The number of hydrogen-bond acceptors (Lipinski definition) is 5. The van der Waals surface area contributed by atoms with E-state index in [1.807, 2.05) is 36.5 Å². The lowest BCUT2D eigenvalue weighted by atomic mass is 10.0. The minimum atomic E-state index is -1.44. The fourth-order valence-electron chi connectivity index (χ4n) is 4.58. The molecule has 5 rings (SSSR count). The first kappa shape index (κ1) is 20.4. The summed E-state index contributed by atoms with van der Waals surface area (Å²) in [5.41, 5.74) is 2.28. The molecule has 0 radical (unpaired) electrons. The third kappa shape index (κ3) is 3.20. The summed E-state index contributed by atoms with van der Waals surface area (Å²) in [6, 6.07) is 9.45. The zero-order valence-corrected chi connectivity index (χ0v) is 18.4. The number of carbonyl (C=O) groups excluding carboxylic acids is 1. The second-order valence-electron chi connectivity index (χ2n) is 8.95. The number of aliphatic hydroxyl groups is 1. The van der Waals surface area contributed by atoms with Gasteiger partial charge in [-0.25, -0.2) is 14.3 Å². The third-order valence-corrected chi connectivity index (χ3v) is 6.21. The molecular formula is C23H26N6O3. The summed E-state index contributed by atoms with van der Waals surface area (Å²) in [6.45, 7) is 3.92. The lowest BCUT2D eigenvalue weighted by molar-refractivity contribution is -0.149. The molecule has 1 fully saturated rings. The van der Waals surface area contributed by atoms with Gasteiger partial charge in [-0.05, 0) is 51.0 Å². The molecule has 1 atom stereocenters. The van der Waals surface area contributed by atoms with Gasteiger partial charge < -0.3 is 10.0 Å². The molecule has 1 aliphatic heterocycles. The van der Waals surface area contributed by atoms with Crippen molar-refractivity contribution in [3.8, 4) is 11.3 Å². The number of carbonyl (C=O) groups is 1. The van der Waals surface area contributed by atoms with Crippen LogP contribution in [0, 0.1) is 0 Å². The van der Waals surface area contributed by atoms with Crippen molar-refractivity contribution >= 4 is 22.6 Å². The zero-order valence-electron chi connectivity index (χ0n) is 18.4. The summed E-state index contributed by atoms with van der Waals surface area (Å²) >= 11 is 0. The SMILES string of the molecule is Cn1c(=O)n(C2CCCN(C(=O)C(C)(C)O)C2)c2nc(-c3cnn4ccccc34)ccc21. The summed E-state index contributed by atoms with van der Waals surface area (Å²) in [4.78, 5) is 32.4. The normalized spacial score (nSPS) is 17.4. The van der Waals surface area contributed by atoms with Gasteiger partial charge in [-0.2, -0.15) is 5.10 Å². The van der Waals surface area contributed by atoms with E-state index in [9.17, 15) is 14.7 Å². The molecule has 1 aliphatic rings. The van der Waals surface area contributed by atoms with E-state index in [0.29, 0.717) is 18.7 Å². The zero-order chi connectivity index (χ0) is 22.6. The Hall–Kier alpha value is -3.46. The molecule has 0 bridgehead atoms. The number of amides is 1. The largest absolute Gasteiger partial charge is 0.381 e. The van der Waals surface area contributed by atoms with Crippen LogP contribution in [0.25, 0.3) is 27.9 Å². The van der Waals surface area contributed by atoms with Crippen molar-refractivity contribution in [2.75, 3.05) is 13.1 Å². The Kier molecular flexibility index (Phi) is 4.67. The van der Waals surface area contributed by atoms with Gasteiger partial charge in [-0.1, -0.05) is 6.07 Å². The lowest BCUT2D eigenvalue weighted by Gasteiger charge is -2.36. The molecule has 0 spiro atoms. The van der Waals surface area contributed by atoms with Crippen LogP contribution in [-0.2, 0) is 11.8 Å². The molecule has 9 heteroatoms. The number of pyridine rings is 2. The van der Waals surface area contributed by atoms with Gasteiger partial charge >= 0.3 is 5.69 Å². The quantitative estimate of drug-likeness (QED) is 0.532. The monoisotopic (exact) mass is 434 g/mol. The van der Waals surface area contributed by atoms with Crippen molar-refractivity contribution in [3.05, 3.63) is 53.2 Å². The molecule has 0 aliphatic carbocycles. The number of fused-ring (bicyclic) bond motifs is 2. The van der Waals surface area contributed by atoms with E-state index < -0.39 is 5.60 Å². The molecule has 9 nitrogen and oxygen atoms in total. The summed E-state index contributed by atoms with van der Waals surface area (Å²) in [5.74, 6) is -0.324. The number of nitrogens with zero attached hydrogens (tertiary/aromatic N) is 6. The fourth-order valence-corrected chi connectivity index (χ4v) is 4.58. The lowest BCUT2D eigenvalue weighted by Crippen LogP contribution is -2.50. The Morgan fingerprint density at radius 2 is 2.00 bits per heavy atom. The van der Waals surface area contributed by atoms with Gasteiger partial charge in [0.25, 0.3) is 5.91 Å². The molecule has 1 saturated heterocycles. The van der Waals surface area contributed by atoms with Crippen LogP contribution in [0.1, 0.15) is 32.7 Å². The number of rotatable bonds is 3. The molecule has 1 N–H and O–H groups in total. The Labute approximate surface area is 184 Å². The topological polar surface area (TPSA) is 97.7 Å². The van der Waals surface area contributed by atoms with Crippen molar-refractivity contribution in [1.82, 2.24) is 28.6 Å². The molecule has 1 amide bonds. The van der Waals surface area contributed by atoms with Crippen molar-refractivity contribution in [3.63, 3.8) is 0 Å². The molecule has 4 aromatic rings. The predicted octanol–water partition coefficient (Wildman–Crippen LogP) is 1.98. The van der Waals surface area contributed by atoms with Crippen LogP contribution in [0.15, 0.2) is 47.5 Å². The first-order chi connectivity index (χ1) is 15.3. The van der Waals surface area contributed by atoms with Crippen molar-refractivity contribution < 1.29 is 9.90 Å². The maximum absolute atomic E-state index is 13.2. The summed E-state index contributed by atoms with van der Waals surface area (Å²) in [6.07, 6.45) is 5.17. The van der Waals surface area contributed by atoms with Crippen LogP contribution in [0.3, 0.4) is 0 Å². The smallest absolute Gasteiger partial charge is 0.330 e. The Morgan fingerprint density at radius 3 is 2.78 bits per heavy atom. The van der Waals surface area contributed by atoms with Crippen LogP contribution in [0.4, 0.5) is 0 Å². The van der Waals surface area contributed by atoms with E-state index in [4.69, 9.17) is 4.98 Å².